The van der Waals surface area contributed by atoms with Crippen LogP contribution in [0.1, 0.15) is 51.4 Å². The van der Waals surface area contributed by atoms with E-state index in [4.69, 9.17) is 5.26 Å². The van der Waals surface area contributed by atoms with Crippen molar-refractivity contribution in [3.05, 3.63) is 0 Å². The average Bonchev–Trinajstić information content (AvgIpc) is 2.61. The van der Waals surface area contributed by atoms with Crippen molar-refractivity contribution in [2.24, 2.45) is 5.92 Å². The third kappa shape index (κ3) is 2.37. The van der Waals surface area contributed by atoms with E-state index in [2.05, 4.69) is 6.07 Å². The van der Waals surface area contributed by atoms with E-state index in [0.29, 0.717) is 0 Å². The van der Waals surface area contributed by atoms with Crippen LogP contribution in [-0.2, 0) is 4.79 Å². The molecule has 88 valence electrons. The molecule has 1 heterocycles. The summed E-state index contributed by atoms with van der Waals surface area (Å²) in [7, 11) is 0. The van der Waals surface area contributed by atoms with Crippen molar-refractivity contribution in [3.8, 4) is 6.07 Å². The highest BCUT2D eigenvalue weighted by atomic mass is 16.2. The SMILES string of the molecule is N#CC1CCCN1C(=O)C1CCCCCC1. The standard InChI is InChI=1S/C13H20N2O/c14-10-12-8-5-9-15(12)13(16)11-6-3-1-2-4-7-11/h11-12H,1-9H2. The molecule has 0 aromatic heterocycles. The fraction of sp³-hybridized carbons (Fsp3) is 0.846. The molecule has 1 aliphatic carbocycles. The minimum atomic E-state index is -0.143. The lowest BCUT2D eigenvalue weighted by atomic mass is 9.98. The van der Waals surface area contributed by atoms with Crippen molar-refractivity contribution >= 4 is 5.91 Å². The Kier molecular flexibility index (Phi) is 3.82. The van der Waals surface area contributed by atoms with E-state index in [1.807, 2.05) is 4.90 Å². The van der Waals surface area contributed by atoms with Crippen LogP contribution in [0, 0.1) is 17.2 Å². The Morgan fingerprint density at radius 3 is 2.38 bits per heavy atom. The van der Waals surface area contributed by atoms with Crippen LogP contribution in [0.3, 0.4) is 0 Å². The van der Waals surface area contributed by atoms with Gasteiger partial charge < -0.3 is 4.90 Å². The summed E-state index contributed by atoms with van der Waals surface area (Å²) in [4.78, 5) is 14.1. The predicted molar refractivity (Wildman–Crippen MR) is 61.5 cm³/mol. The van der Waals surface area contributed by atoms with Gasteiger partial charge in [-0.25, -0.2) is 0 Å². The number of rotatable bonds is 1. The Balaban J connectivity index is 1.97. The van der Waals surface area contributed by atoms with Gasteiger partial charge in [-0.2, -0.15) is 5.26 Å². The van der Waals surface area contributed by atoms with Gasteiger partial charge in [-0.3, -0.25) is 4.79 Å². The zero-order valence-electron chi connectivity index (χ0n) is 9.82. The highest BCUT2D eigenvalue weighted by Gasteiger charge is 2.32. The number of hydrogen-bond acceptors (Lipinski definition) is 2. The van der Waals surface area contributed by atoms with Gasteiger partial charge in [-0.05, 0) is 25.7 Å². The van der Waals surface area contributed by atoms with Gasteiger partial charge in [0.05, 0.1) is 6.07 Å². The van der Waals surface area contributed by atoms with Crippen molar-refractivity contribution in [1.82, 2.24) is 4.90 Å². The Bertz CT molecular complexity index is 287. The van der Waals surface area contributed by atoms with Crippen LogP contribution in [0.2, 0.25) is 0 Å². The third-order valence-electron chi connectivity index (χ3n) is 3.89. The first-order valence-corrected chi connectivity index (χ1v) is 6.53. The number of carbonyl (C=O) groups is 1. The Morgan fingerprint density at radius 1 is 1.06 bits per heavy atom. The molecule has 2 aliphatic rings. The van der Waals surface area contributed by atoms with Gasteiger partial charge in [0.1, 0.15) is 6.04 Å². The molecule has 3 heteroatoms. The number of hydrogen-bond donors (Lipinski definition) is 0. The molecular weight excluding hydrogens is 200 g/mol. The van der Waals surface area contributed by atoms with Gasteiger partial charge in [0.2, 0.25) is 5.91 Å². The summed E-state index contributed by atoms with van der Waals surface area (Å²) >= 11 is 0. The normalized spacial score (nSPS) is 27.4. The van der Waals surface area contributed by atoms with Gasteiger partial charge in [0.25, 0.3) is 0 Å². The van der Waals surface area contributed by atoms with Crippen molar-refractivity contribution in [1.29, 1.82) is 5.26 Å². The Hall–Kier alpha value is -1.04. The van der Waals surface area contributed by atoms with Crippen molar-refractivity contribution in [2.45, 2.75) is 57.4 Å². The Labute approximate surface area is 97.4 Å². The van der Waals surface area contributed by atoms with E-state index < -0.39 is 0 Å². The van der Waals surface area contributed by atoms with Crippen LogP contribution < -0.4 is 0 Å². The molecule has 0 spiro atoms. The van der Waals surface area contributed by atoms with Crippen LogP contribution in [0.15, 0.2) is 0 Å². The first-order valence-electron chi connectivity index (χ1n) is 6.53. The highest BCUT2D eigenvalue weighted by Crippen LogP contribution is 2.27. The summed E-state index contributed by atoms with van der Waals surface area (Å²) in [5, 5.41) is 9.00. The van der Waals surface area contributed by atoms with Gasteiger partial charge in [0.15, 0.2) is 0 Å². The number of amides is 1. The smallest absolute Gasteiger partial charge is 0.226 e. The molecule has 1 saturated carbocycles. The molecule has 1 atom stereocenters. The second-order valence-corrected chi connectivity index (χ2v) is 5.01. The van der Waals surface area contributed by atoms with E-state index in [1.165, 1.54) is 25.7 Å². The lowest BCUT2D eigenvalue weighted by Crippen LogP contribution is -2.38. The van der Waals surface area contributed by atoms with Gasteiger partial charge in [0, 0.05) is 12.5 Å². The molecule has 1 unspecified atom stereocenters. The molecule has 1 saturated heterocycles. The maximum atomic E-state index is 12.3. The van der Waals surface area contributed by atoms with Crippen molar-refractivity contribution < 1.29 is 4.79 Å². The van der Waals surface area contributed by atoms with Crippen LogP contribution in [0.25, 0.3) is 0 Å². The number of nitrogens with zero attached hydrogens (tertiary/aromatic N) is 2. The number of likely N-dealkylation sites (tertiary alicyclic amines) is 1. The zero-order valence-corrected chi connectivity index (χ0v) is 9.82. The van der Waals surface area contributed by atoms with Crippen LogP contribution >= 0.6 is 0 Å². The van der Waals surface area contributed by atoms with Crippen LogP contribution in [-0.4, -0.2) is 23.4 Å². The summed E-state index contributed by atoms with van der Waals surface area (Å²) in [5.74, 6) is 0.461. The predicted octanol–water partition coefficient (Wildman–Crippen LogP) is 2.47. The maximum absolute atomic E-state index is 12.3. The summed E-state index contributed by atoms with van der Waals surface area (Å²) in [6.07, 6.45) is 8.84. The third-order valence-corrected chi connectivity index (χ3v) is 3.89. The fourth-order valence-electron chi connectivity index (χ4n) is 2.93. The molecule has 0 N–H and O–H groups in total. The monoisotopic (exact) mass is 220 g/mol. The molecule has 2 rings (SSSR count). The van der Waals surface area contributed by atoms with Gasteiger partial charge >= 0.3 is 0 Å². The van der Waals surface area contributed by atoms with Crippen molar-refractivity contribution in [3.63, 3.8) is 0 Å². The van der Waals surface area contributed by atoms with E-state index in [-0.39, 0.29) is 17.9 Å². The lowest BCUT2D eigenvalue weighted by Gasteiger charge is -2.24. The van der Waals surface area contributed by atoms with Gasteiger partial charge in [-0.1, -0.05) is 25.7 Å². The van der Waals surface area contributed by atoms with Crippen LogP contribution in [0.4, 0.5) is 0 Å². The average molecular weight is 220 g/mol. The molecule has 16 heavy (non-hydrogen) atoms. The summed E-state index contributed by atoms with van der Waals surface area (Å²) in [5.41, 5.74) is 0. The molecule has 2 fully saturated rings. The molecule has 0 radical (unpaired) electrons. The number of nitriles is 1. The van der Waals surface area contributed by atoms with Crippen LogP contribution in [0.5, 0.6) is 0 Å². The minimum absolute atomic E-state index is 0.143. The molecule has 1 aliphatic heterocycles. The topological polar surface area (TPSA) is 44.1 Å². The second kappa shape index (κ2) is 5.34. The minimum Gasteiger partial charge on any atom is -0.326 e. The second-order valence-electron chi connectivity index (χ2n) is 5.01. The molecule has 0 aromatic rings. The lowest BCUT2D eigenvalue weighted by molar-refractivity contribution is -0.135. The largest absolute Gasteiger partial charge is 0.326 e. The first kappa shape index (κ1) is 11.4. The molecule has 0 bridgehead atoms. The fourth-order valence-corrected chi connectivity index (χ4v) is 2.93. The molecule has 3 nitrogen and oxygen atoms in total. The first-order chi connectivity index (χ1) is 7.83. The van der Waals surface area contributed by atoms with E-state index >= 15 is 0 Å². The molecular formula is C13H20N2O. The van der Waals surface area contributed by atoms with Crippen molar-refractivity contribution in [2.75, 3.05) is 6.54 Å². The summed E-state index contributed by atoms with van der Waals surface area (Å²) in [6.45, 7) is 0.799. The van der Waals surface area contributed by atoms with E-state index in [9.17, 15) is 4.79 Å². The highest BCUT2D eigenvalue weighted by molar-refractivity contribution is 5.79. The maximum Gasteiger partial charge on any atom is 0.226 e. The summed E-state index contributed by atoms with van der Waals surface area (Å²) in [6, 6.07) is 2.11. The quantitative estimate of drug-likeness (QED) is 0.637. The number of carbonyl (C=O) groups excluding carboxylic acids is 1. The molecule has 0 aromatic carbocycles. The van der Waals surface area contributed by atoms with E-state index in [1.54, 1.807) is 0 Å². The zero-order chi connectivity index (χ0) is 11.4. The summed E-state index contributed by atoms with van der Waals surface area (Å²) < 4.78 is 0. The van der Waals surface area contributed by atoms with Gasteiger partial charge in [-0.15, -0.1) is 0 Å². The molecule has 1 amide bonds. The Morgan fingerprint density at radius 2 is 1.75 bits per heavy atom. The van der Waals surface area contributed by atoms with E-state index in [0.717, 1.165) is 32.2 Å².